The second-order valence-electron chi connectivity index (χ2n) is 7.98. The Bertz CT molecular complexity index is 1510. The Morgan fingerprint density at radius 3 is 2.53 bits per heavy atom. The van der Waals surface area contributed by atoms with Gasteiger partial charge in [0.05, 0.1) is 12.1 Å². The first-order valence-electron chi connectivity index (χ1n) is 10.7. The Morgan fingerprint density at radius 2 is 1.76 bits per heavy atom. The third-order valence-corrected chi connectivity index (χ3v) is 5.76. The molecular formula is C26H21F2N5O. The Hall–Kier alpha value is -4.33. The molecule has 0 aliphatic rings. The molecule has 0 fully saturated rings. The fourth-order valence-electron chi connectivity index (χ4n) is 3.91. The van der Waals surface area contributed by atoms with Gasteiger partial charge >= 0.3 is 0 Å². The Morgan fingerprint density at radius 1 is 1.00 bits per heavy atom. The van der Waals surface area contributed by atoms with Crippen LogP contribution in [0.15, 0.2) is 79.1 Å². The summed E-state index contributed by atoms with van der Waals surface area (Å²) < 4.78 is 31.0. The molecule has 8 heteroatoms. The predicted molar refractivity (Wildman–Crippen MR) is 126 cm³/mol. The first kappa shape index (κ1) is 21.5. The van der Waals surface area contributed by atoms with Gasteiger partial charge in [0.1, 0.15) is 23.2 Å². The highest BCUT2D eigenvalue weighted by atomic mass is 19.1. The number of pyridine rings is 1. The Kier molecular flexibility index (Phi) is 5.41. The highest BCUT2D eigenvalue weighted by molar-refractivity contribution is 6.09. The van der Waals surface area contributed by atoms with Gasteiger partial charge in [0.2, 0.25) is 0 Å². The third kappa shape index (κ3) is 3.83. The number of aromatic nitrogens is 4. The predicted octanol–water partition coefficient (Wildman–Crippen LogP) is 5.11. The average molecular weight is 457 g/mol. The average Bonchev–Trinajstić information content (AvgIpc) is 3.41. The zero-order chi connectivity index (χ0) is 23.8. The van der Waals surface area contributed by atoms with Crippen LogP contribution in [-0.4, -0.2) is 31.9 Å². The molecular weight excluding hydrogens is 436 g/mol. The van der Waals surface area contributed by atoms with Crippen LogP contribution in [0.5, 0.6) is 0 Å². The summed E-state index contributed by atoms with van der Waals surface area (Å²) >= 11 is 0. The lowest BCUT2D eigenvalue weighted by Crippen LogP contribution is -2.26. The summed E-state index contributed by atoms with van der Waals surface area (Å²) in [4.78, 5) is 24.2. The zero-order valence-electron chi connectivity index (χ0n) is 18.6. The fourth-order valence-corrected chi connectivity index (χ4v) is 3.91. The first-order valence-corrected chi connectivity index (χ1v) is 10.7. The highest BCUT2D eigenvalue weighted by Gasteiger charge is 2.23. The van der Waals surface area contributed by atoms with E-state index in [0.717, 1.165) is 11.8 Å². The van der Waals surface area contributed by atoms with Crippen LogP contribution < -0.4 is 4.90 Å². The van der Waals surface area contributed by atoms with Crippen LogP contribution in [0.4, 0.5) is 14.5 Å². The first-order chi connectivity index (χ1) is 16.4. The number of fused-ring (bicyclic) bond motifs is 1. The second-order valence-corrected chi connectivity index (χ2v) is 7.98. The van der Waals surface area contributed by atoms with Crippen LogP contribution in [0.3, 0.4) is 0 Å². The van der Waals surface area contributed by atoms with E-state index in [1.807, 2.05) is 59.1 Å². The van der Waals surface area contributed by atoms with Gasteiger partial charge in [-0.05, 0) is 37.3 Å². The number of carbonyl (C=O) groups is 1. The molecule has 0 spiro atoms. The number of para-hydroxylation sites is 1. The lowest BCUT2D eigenvalue weighted by molar-refractivity contribution is 0.0990. The molecule has 0 unspecified atom stereocenters. The van der Waals surface area contributed by atoms with Crippen molar-refractivity contribution in [3.63, 3.8) is 0 Å². The molecule has 0 N–H and O–H groups in total. The van der Waals surface area contributed by atoms with Gasteiger partial charge in [0.15, 0.2) is 11.5 Å². The van der Waals surface area contributed by atoms with Crippen molar-refractivity contribution in [1.82, 2.24) is 18.9 Å². The van der Waals surface area contributed by atoms with Gasteiger partial charge in [-0.25, -0.2) is 18.7 Å². The van der Waals surface area contributed by atoms with E-state index in [1.54, 1.807) is 29.6 Å². The molecule has 0 atom stereocenters. The number of amides is 1. The van der Waals surface area contributed by atoms with Crippen molar-refractivity contribution in [2.24, 2.45) is 0 Å². The van der Waals surface area contributed by atoms with Gasteiger partial charge in [0.25, 0.3) is 5.91 Å². The lowest BCUT2D eigenvalue weighted by atomic mass is 10.2. The smallest absolute Gasteiger partial charge is 0.278 e. The molecule has 34 heavy (non-hydrogen) atoms. The molecule has 0 aliphatic heterocycles. The van der Waals surface area contributed by atoms with Gasteiger partial charge in [-0.3, -0.25) is 9.20 Å². The van der Waals surface area contributed by atoms with Crippen molar-refractivity contribution < 1.29 is 13.6 Å². The van der Waals surface area contributed by atoms with Crippen LogP contribution in [-0.2, 0) is 6.54 Å². The third-order valence-electron chi connectivity index (χ3n) is 5.76. The van der Waals surface area contributed by atoms with E-state index in [1.165, 1.54) is 12.1 Å². The van der Waals surface area contributed by atoms with Gasteiger partial charge < -0.3 is 9.47 Å². The topological polar surface area (TPSA) is 55.4 Å². The van der Waals surface area contributed by atoms with E-state index in [2.05, 4.69) is 9.97 Å². The molecule has 1 amide bonds. The summed E-state index contributed by atoms with van der Waals surface area (Å²) in [6, 6.07) is 18.4. The van der Waals surface area contributed by atoms with E-state index < -0.39 is 11.6 Å². The summed E-state index contributed by atoms with van der Waals surface area (Å²) in [5.74, 6) is -0.336. The van der Waals surface area contributed by atoms with Crippen LogP contribution in [0.2, 0.25) is 0 Å². The monoisotopic (exact) mass is 457 g/mol. The quantitative estimate of drug-likeness (QED) is 0.369. The van der Waals surface area contributed by atoms with Crippen molar-refractivity contribution in [3.05, 3.63) is 108 Å². The van der Waals surface area contributed by atoms with Crippen molar-refractivity contribution in [3.8, 4) is 11.5 Å². The molecule has 3 aromatic heterocycles. The molecule has 170 valence electrons. The maximum atomic E-state index is 14.2. The molecule has 2 aromatic carbocycles. The standard InChI is InChI=1S/C26H21F2N5O/c1-17-29-22(16-32(17)15-18-11-12-19(27)14-21(18)28)25-30-24(23-10-6-7-13-33(23)25)26(34)31(2)20-8-4-3-5-9-20/h3-14,16H,15H2,1-2H3. The summed E-state index contributed by atoms with van der Waals surface area (Å²) in [5, 5.41) is 0. The van der Waals surface area contributed by atoms with E-state index in [9.17, 15) is 13.6 Å². The lowest BCUT2D eigenvalue weighted by Gasteiger charge is -2.16. The van der Waals surface area contributed by atoms with Crippen LogP contribution in [0, 0.1) is 18.6 Å². The number of rotatable bonds is 5. The van der Waals surface area contributed by atoms with Gasteiger partial charge in [-0.2, -0.15) is 0 Å². The molecule has 0 bridgehead atoms. The number of hydrogen-bond donors (Lipinski definition) is 0. The molecule has 0 aliphatic carbocycles. The minimum absolute atomic E-state index is 0.191. The number of anilines is 1. The van der Waals surface area contributed by atoms with Crippen molar-refractivity contribution in [2.45, 2.75) is 13.5 Å². The van der Waals surface area contributed by atoms with Gasteiger partial charge in [0, 0.05) is 36.8 Å². The second kappa shape index (κ2) is 8.55. The molecule has 0 saturated heterocycles. The van der Waals surface area contributed by atoms with Crippen LogP contribution in [0.1, 0.15) is 21.9 Å². The van der Waals surface area contributed by atoms with E-state index in [0.29, 0.717) is 34.1 Å². The number of aryl methyl sites for hydroxylation is 1. The number of carbonyl (C=O) groups excluding carboxylic acids is 1. The SMILES string of the molecule is Cc1nc(-c2nc(C(=O)N(C)c3ccccc3)c3ccccn23)cn1Cc1ccc(F)cc1F. The van der Waals surface area contributed by atoms with E-state index in [-0.39, 0.29) is 12.5 Å². The summed E-state index contributed by atoms with van der Waals surface area (Å²) in [6.07, 6.45) is 3.58. The molecule has 3 heterocycles. The molecule has 0 radical (unpaired) electrons. The largest absolute Gasteiger partial charge is 0.330 e. The Labute approximate surface area is 194 Å². The summed E-state index contributed by atoms with van der Waals surface area (Å²) in [7, 11) is 1.71. The number of imidazole rings is 2. The summed E-state index contributed by atoms with van der Waals surface area (Å²) in [6.45, 7) is 1.99. The fraction of sp³-hybridized carbons (Fsp3) is 0.115. The Balaban J connectivity index is 1.54. The van der Waals surface area contributed by atoms with Crippen molar-refractivity contribution in [2.75, 3.05) is 11.9 Å². The van der Waals surface area contributed by atoms with Gasteiger partial charge in [-0.15, -0.1) is 0 Å². The minimum atomic E-state index is -0.620. The molecule has 6 nitrogen and oxygen atoms in total. The maximum Gasteiger partial charge on any atom is 0.278 e. The number of halogens is 2. The highest BCUT2D eigenvalue weighted by Crippen LogP contribution is 2.25. The normalized spacial score (nSPS) is 11.2. The van der Waals surface area contributed by atoms with Crippen molar-refractivity contribution in [1.29, 1.82) is 0 Å². The number of nitrogens with zero attached hydrogens (tertiary/aromatic N) is 5. The van der Waals surface area contributed by atoms with Crippen LogP contribution in [0.25, 0.3) is 17.0 Å². The molecule has 5 aromatic rings. The summed E-state index contributed by atoms with van der Waals surface area (Å²) in [5.41, 5.74) is 2.61. The number of benzene rings is 2. The maximum absolute atomic E-state index is 14.2. The molecule has 5 rings (SSSR count). The van der Waals surface area contributed by atoms with Gasteiger partial charge in [-0.1, -0.05) is 30.3 Å². The van der Waals surface area contributed by atoms with Crippen LogP contribution >= 0.6 is 0 Å². The number of hydrogen-bond acceptors (Lipinski definition) is 3. The van der Waals surface area contributed by atoms with E-state index >= 15 is 0 Å². The van der Waals surface area contributed by atoms with Crippen molar-refractivity contribution >= 4 is 17.1 Å². The minimum Gasteiger partial charge on any atom is -0.330 e. The zero-order valence-corrected chi connectivity index (χ0v) is 18.6. The van der Waals surface area contributed by atoms with E-state index in [4.69, 9.17) is 0 Å². The molecule has 0 saturated carbocycles.